The molecule has 1 fully saturated rings. The predicted molar refractivity (Wildman–Crippen MR) is 43.8 cm³/mol. The van der Waals surface area contributed by atoms with E-state index in [0.717, 1.165) is 5.92 Å². The van der Waals surface area contributed by atoms with Gasteiger partial charge in [-0.15, -0.1) is 0 Å². The Labute approximate surface area is 64.7 Å². The second-order valence-electron chi connectivity index (χ2n) is 4.32. The third-order valence-electron chi connectivity index (χ3n) is 3.48. The van der Waals surface area contributed by atoms with E-state index in [1.54, 1.807) is 0 Å². The topological polar surface area (TPSA) is 0 Å². The minimum absolute atomic E-state index is 0.0787. The fraction of sp³-hybridized carbons (Fsp3) is 0.800. The van der Waals surface area contributed by atoms with Crippen molar-refractivity contribution in [1.82, 2.24) is 0 Å². The van der Waals surface area contributed by atoms with E-state index in [1.165, 1.54) is 12.0 Å². The summed E-state index contributed by atoms with van der Waals surface area (Å²) in [4.78, 5) is 0. The third kappa shape index (κ3) is 0.574. The van der Waals surface area contributed by atoms with E-state index in [-0.39, 0.29) is 6.40 Å². The molecule has 0 nitrogen and oxygen atoms in total. The molecular weight excluding hydrogens is 120 g/mol. The van der Waals surface area contributed by atoms with Gasteiger partial charge in [0.1, 0.15) is 0 Å². The molecule has 0 spiro atoms. The van der Waals surface area contributed by atoms with Crippen LogP contribution in [0.1, 0.15) is 35.0 Å². The summed E-state index contributed by atoms with van der Waals surface area (Å²) >= 11 is 0. The van der Waals surface area contributed by atoms with E-state index in [4.69, 9.17) is 1.37 Å². The van der Waals surface area contributed by atoms with Gasteiger partial charge in [-0.25, -0.2) is 0 Å². The molecule has 10 heavy (non-hydrogen) atoms. The lowest BCUT2D eigenvalue weighted by atomic mass is 9.49. The largest absolute Gasteiger partial charge is 0.0850 e. The zero-order chi connectivity index (χ0) is 8.22. The molecule has 2 bridgehead atoms. The Hall–Kier alpha value is -0.260. The lowest BCUT2D eigenvalue weighted by molar-refractivity contribution is -0.00579. The molecule has 0 saturated heterocycles. The highest BCUT2D eigenvalue weighted by atomic mass is 14.5. The number of rotatable bonds is 0. The van der Waals surface area contributed by atoms with Crippen LogP contribution in [0.15, 0.2) is 11.6 Å². The molecular formula is C10H16. The van der Waals surface area contributed by atoms with Gasteiger partial charge in [0.25, 0.3) is 0 Å². The van der Waals surface area contributed by atoms with E-state index < -0.39 is 0 Å². The summed E-state index contributed by atoms with van der Waals surface area (Å²) in [6, 6.07) is 0. The lowest BCUT2D eigenvalue weighted by Crippen LogP contribution is -2.47. The summed E-state index contributed by atoms with van der Waals surface area (Å²) in [5.41, 5.74) is 1.88. The second kappa shape index (κ2) is 1.66. The maximum Gasteiger partial charge on any atom is 0.0313 e. The molecule has 3 aliphatic rings. The van der Waals surface area contributed by atoms with E-state index >= 15 is 0 Å². The average Bonchev–Trinajstić information content (AvgIpc) is 1.84. The average molecular weight is 137 g/mol. The van der Waals surface area contributed by atoms with Gasteiger partial charge in [0, 0.05) is 1.37 Å². The van der Waals surface area contributed by atoms with Gasteiger partial charge in [-0.2, -0.15) is 0 Å². The Morgan fingerprint density at radius 3 is 2.80 bits per heavy atom. The number of allylic oxidation sites excluding steroid dienone is 2. The molecule has 0 aromatic carbocycles. The molecule has 0 heteroatoms. The summed E-state index contributed by atoms with van der Waals surface area (Å²) in [6.07, 6.45) is 3.49. The van der Waals surface area contributed by atoms with Crippen LogP contribution in [0.4, 0.5) is 0 Å². The summed E-state index contributed by atoms with van der Waals surface area (Å²) in [5, 5.41) is 0. The van der Waals surface area contributed by atoms with Crippen molar-refractivity contribution in [3.8, 4) is 0 Å². The van der Waals surface area contributed by atoms with Gasteiger partial charge in [-0.05, 0) is 37.0 Å². The molecule has 0 aromatic heterocycles. The van der Waals surface area contributed by atoms with Crippen molar-refractivity contribution in [2.75, 3.05) is 0 Å². The molecule has 0 aliphatic heterocycles. The van der Waals surface area contributed by atoms with Gasteiger partial charge < -0.3 is 0 Å². The summed E-state index contributed by atoms with van der Waals surface area (Å²) in [6.45, 7) is 6.80. The fourth-order valence-electron chi connectivity index (χ4n) is 2.44. The van der Waals surface area contributed by atoms with E-state index in [0.29, 0.717) is 11.3 Å². The monoisotopic (exact) mass is 137 g/mol. The van der Waals surface area contributed by atoms with Crippen LogP contribution in [0.3, 0.4) is 0 Å². The maximum atomic E-state index is 7.83. The molecule has 0 aromatic rings. The minimum Gasteiger partial charge on any atom is -0.0850 e. The van der Waals surface area contributed by atoms with Crippen molar-refractivity contribution >= 4 is 0 Å². The molecule has 3 atom stereocenters. The first-order chi connectivity index (χ1) is 5.03. The molecule has 0 radical (unpaired) electrons. The smallest absolute Gasteiger partial charge is 0.0313 e. The molecule has 0 amide bonds. The molecule has 1 unspecified atom stereocenters. The zero-order valence-corrected chi connectivity index (χ0v) is 7.02. The van der Waals surface area contributed by atoms with Gasteiger partial charge >= 0.3 is 0 Å². The van der Waals surface area contributed by atoms with Crippen LogP contribution in [0.25, 0.3) is 0 Å². The molecule has 0 N–H and O–H groups in total. The van der Waals surface area contributed by atoms with Gasteiger partial charge in [0.15, 0.2) is 0 Å². The van der Waals surface area contributed by atoms with Crippen LogP contribution in [0.5, 0.6) is 0 Å². The summed E-state index contributed by atoms with van der Waals surface area (Å²) in [7, 11) is 0. The highest BCUT2D eigenvalue weighted by molar-refractivity contribution is 5.21. The van der Waals surface area contributed by atoms with Crippen LogP contribution in [-0.2, 0) is 0 Å². The van der Waals surface area contributed by atoms with Gasteiger partial charge in [0.05, 0.1) is 0 Å². The van der Waals surface area contributed by atoms with E-state index in [9.17, 15) is 0 Å². The highest BCUT2D eigenvalue weighted by Gasteiger charge is 2.49. The Kier molecular flexibility index (Phi) is 0.898. The molecule has 1 saturated carbocycles. The van der Waals surface area contributed by atoms with Crippen LogP contribution in [0.2, 0.25) is 0 Å². The number of hydrogen-bond acceptors (Lipinski definition) is 0. The first-order valence-electron chi connectivity index (χ1n) is 4.72. The van der Waals surface area contributed by atoms with Gasteiger partial charge in [-0.1, -0.05) is 25.5 Å². The van der Waals surface area contributed by atoms with Crippen LogP contribution in [0, 0.1) is 17.3 Å². The standard InChI is InChI=1S/C10H16/c1-7-4-5-8-6-9(7)10(8,2)3/h4,8-9H,5-6H2,1-3H3/t8-,9-/m0/s1/i5D/t5?,8-,9-. The lowest BCUT2D eigenvalue weighted by Gasteiger charge is -2.56. The number of hydrogen-bond donors (Lipinski definition) is 0. The van der Waals surface area contributed by atoms with Crippen LogP contribution in [-0.4, -0.2) is 0 Å². The number of fused-ring (bicyclic) bond motifs is 1. The van der Waals surface area contributed by atoms with Crippen molar-refractivity contribution in [3.63, 3.8) is 0 Å². The van der Waals surface area contributed by atoms with Crippen LogP contribution >= 0.6 is 0 Å². The van der Waals surface area contributed by atoms with Crippen molar-refractivity contribution in [2.45, 2.75) is 33.6 Å². The SMILES string of the molecule is [2H]C1C=C(C)[C@@H]2C[C@H]1C2(C)C. The molecule has 3 aliphatic carbocycles. The first kappa shape index (κ1) is 5.40. The molecule has 3 rings (SSSR count). The van der Waals surface area contributed by atoms with Crippen molar-refractivity contribution < 1.29 is 1.37 Å². The second-order valence-corrected chi connectivity index (χ2v) is 4.32. The van der Waals surface area contributed by atoms with Gasteiger partial charge in [0.2, 0.25) is 0 Å². The Morgan fingerprint density at radius 1 is 1.70 bits per heavy atom. The molecule has 0 heterocycles. The maximum absolute atomic E-state index is 7.83. The van der Waals surface area contributed by atoms with Crippen molar-refractivity contribution in [2.24, 2.45) is 17.3 Å². The van der Waals surface area contributed by atoms with Gasteiger partial charge in [-0.3, -0.25) is 0 Å². The Morgan fingerprint density at radius 2 is 2.40 bits per heavy atom. The summed E-state index contributed by atoms with van der Waals surface area (Å²) in [5.74, 6) is 1.42. The van der Waals surface area contributed by atoms with Crippen molar-refractivity contribution in [1.29, 1.82) is 0 Å². The van der Waals surface area contributed by atoms with Crippen LogP contribution < -0.4 is 0 Å². The van der Waals surface area contributed by atoms with Crippen molar-refractivity contribution in [3.05, 3.63) is 11.6 Å². The van der Waals surface area contributed by atoms with E-state index in [2.05, 4.69) is 26.8 Å². The summed E-state index contributed by atoms with van der Waals surface area (Å²) < 4.78 is 7.83. The quantitative estimate of drug-likeness (QED) is 0.450. The fourth-order valence-corrected chi connectivity index (χ4v) is 2.44. The Balaban J connectivity index is 2.34. The van der Waals surface area contributed by atoms with E-state index in [1.807, 2.05) is 0 Å². The highest BCUT2D eigenvalue weighted by Crippen LogP contribution is 2.58. The zero-order valence-electron chi connectivity index (χ0n) is 8.02. The Bertz CT molecular complexity index is 215. The normalized spacial score (nSPS) is 50.9. The minimum atomic E-state index is 0.0787. The molecule has 56 valence electrons. The predicted octanol–water partition coefficient (Wildman–Crippen LogP) is 3.00. The third-order valence-corrected chi connectivity index (χ3v) is 3.48. The first-order valence-corrected chi connectivity index (χ1v) is 4.14.